The predicted molar refractivity (Wildman–Crippen MR) is 105 cm³/mol. The third-order valence-electron chi connectivity index (χ3n) is 3.87. The van der Waals surface area contributed by atoms with Crippen LogP contribution < -0.4 is 15.4 Å². The summed E-state index contributed by atoms with van der Waals surface area (Å²) in [6.07, 6.45) is -2.05. The molecule has 0 saturated carbocycles. The van der Waals surface area contributed by atoms with E-state index in [1.807, 2.05) is 0 Å². The molecule has 31 heavy (non-hydrogen) atoms. The molecule has 0 fully saturated rings. The van der Waals surface area contributed by atoms with Crippen LogP contribution in [0.2, 0.25) is 5.02 Å². The highest BCUT2D eigenvalue weighted by atomic mass is 35.5. The molecule has 0 aliphatic heterocycles. The normalized spacial score (nSPS) is 11.1. The fourth-order valence-corrected chi connectivity index (χ4v) is 2.69. The first-order chi connectivity index (χ1) is 14.7. The van der Waals surface area contributed by atoms with Crippen molar-refractivity contribution in [1.29, 1.82) is 0 Å². The number of carbonyl (C=O) groups excluding carboxylic acids is 2. The number of para-hydroxylation sites is 1. The first kappa shape index (κ1) is 22.2. The van der Waals surface area contributed by atoms with Crippen LogP contribution in [0.3, 0.4) is 0 Å². The molecule has 2 aromatic heterocycles. The number of halogens is 4. The summed E-state index contributed by atoms with van der Waals surface area (Å²) in [5.41, 5.74) is 0.389. The molecule has 0 spiro atoms. The Labute approximate surface area is 179 Å². The van der Waals surface area contributed by atoms with Crippen molar-refractivity contribution < 1.29 is 31.9 Å². The molecule has 2 amide bonds. The van der Waals surface area contributed by atoms with Gasteiger partial charge in [0, 0.05) is 6.20 Å². The minimum atomic E-state index is -4.55. The first-order valence-electron chi connectivity index (χ1n) is 8.79. The predicted octanol–water partition coefficient (Wildman–Crippen LogP) is 4.45. The number of alkyl halides is 3. The summed E-state index contributed by atoms with van der Waals surface area (Å²) >= 11 is 5.87. The fourth-order valence-electron chi connectivity index (χ4n) is 2.47. The van der Waals surface area contributed by atoms with Crippen LogP contribution in [0.25, 0.3) is 0 Å². The van der Waals surface area contributed by atoms with E-state index in [1.165, 1.54) is 18.4 Å². The molecule has 0 unspecified atom stereocenters. The van der Waals surface area contributed by atoms with Crippen LogP contribution in [0.5, 0.6) is 5.88 Å². The molecule has 0 bridgehead atoms. The Morgan fingerprint density at radius 1 is 1.13 bits per heavy atom. The zero-order chi connectivity index (χ0) is 22.4. The third-order valence-corrected chi connectivity index (χ3v) is 4.14. The van der Waals surface area contributed by atoms with Crippen LogP contribution in [0, 0.1) is 0 Å². The van der Waals surface area contributed by atoms with Gasteiger partial charge in [-0.1, -0.05) is 23.7 Å². The van der Waals surface area contributed by atoms with E-state index in [2.05, 4.69) is 20.4 Å². The van der Waals surface area contributed by atoms with Crippen molar-refractivity contribution in [2.75, 3.05) is 11.9 Å². The van der Waals surface area contributed by atoms with Gasteiger partial charge in [0.25, 0.3) is 11.8 Å². The number of hydrogen-bond acceptors (Lipinski definition) is 5. The summed E-state index contributed by atoms with van der Waals surface area (Å²) < 4.78 is 46.4. The van der Waals surface area contributed by atoms with Gasteiger partial charge in [0.05, 0.1) is 29.6 Å². The second kappa shape index (κ2) is 9.52. The van der Waals surface area contributed by atoms with Gasteiger partial charge in [-0.15, -0.1) is 0 Å². The molecule has 2 heterocycles. The molecule has 11 heteroatoms. The lowest BCUT2D eigenvalue weighted by molar-refractivity contribution is -0.154. The highest BCUT2D eigenvalue weighted by Crippen LogP contribution is 2.25. The largest absolute Gasteiger partial charge is 0.467 e. The van der Waals surface area contributed by atoms with Gasteiger partial charge < -0.3 is 19.8 Å². The number of rotatable bonds is 7. The van der Waals surface area contributed by atoms with Crippen LogP contribution >= 0.6 is 11.6 Å². The molecule has 2 N–H and O–H groups in total. The number of aromatic nitrogens is 1. The van der Waals surface area contributed by atoms with E-state index < -0.39 is 30.5 Å². The number of amides is 2. The lowest BCUT2D eigenvalue weighted by Crippen LogP contribution is -2.24. The van der Waals surface area contributed by atoms with E-state index in [0.29, 0.717) is 5.76 Å². The zero-order valence-corrected chi connectivity index (χ0v) is 16.5. The summed E-state index contributed by atoms with van der Waals surface area (Å²) in [5, 5.41) is 4.97. The number of hydrogen-bond donors (Lipinski definition) is 2. The van der Waals surface area contributed by atoms with E-state index in [9.17, 15) is 22.8 Å². The average Bonchev–Trinajstić information content (AvgIpc) is 3.24. The standard InChI is InChI=1S/C20H15ClF3N3O4/c21-15-8-12(9-26-19(15)31-11-20(22,23)24)17(28)27-16-6-2-1-5-14(16)18(29)25-10-13-4-3-7-30-13/h1-9H,10-11H2,(H,25,29)(H,27,28). The summed E-state index contributed by atoms with van der Waals surface area (Å²) in [7, 11) is 0. The fraction of sp³-hybridized carbons (Fsp3) is 0.150. The van der Waals surface area contributed by atoms with Gasteiger partial charge in [-0.2, -0.15) is 13.2 Å². The smallest absolute Gasteiger partial charge is 0.422 e. The molecule has 162 valence electrons. The first-order valence-corrected chi connectivity index (χ1v) is 9.17. The Kier molecular flexibility index (Phi) is 6.81. The second-order valence-corrected chi connectivity index (χ2v) is 6.58. The minimum Gasteiger partial charge on any atom is -0.467 e. The van der Waals surface area contributed by atoms with Crippen molar-refractivity contribution in [3.8, 4) is 5.88 Å². The molecular weight excluding hydrogens is 439 g/mol. The van der Waals surface area contributed by atoms with Gasteiger partial charge >= 0.3 is 6.18 Å². The molecule has 0 saturated heterocycles. The maximum atomic E-state index is 12.5. The van der Waals surface area contributed by atoms with Gasteiger partial charge in [0.2, 0.25) is 5.88 Å². The Bertz CT molecular complexity index is 1070. The maximum Gasteiger partial charge on any atom is 0.422 e. The Balaban J connectivity index is 1.69. The van der Waals surface area contributed by atoms with Crippen LogP contribution in [-0.4, -0.2) is 29.6 Å². The highest BCUT2D eigenvalue weighted by Gasteiger charge is 2.29. The number of nitrogens with one attached hydrogen (secondary N) is 2. The molecular formula is C20H15ClF3N3O4. The molecule has 3 aromatic rings. The number of nitrogens with zero attached hydrogens (tertiary/aromatic N) is 1. The SMILES string of the molecule is O=C(Nc1ccccc1C(=O)NCc1ccco1)c1cnc(OCC(F)(F)F)c(Cl)c1. The number of carbonyl (C=O) groups is 2. The Morgan fingerprint density at radius 3 is 2.58 bits per heavy atom. The topological polar surface area (TPSA) is 93.5 Å². The van der Waals surface area contributed by atoms with Crippen LogP contribution in [0.15, 0.2) is 59.3 Å². The van der Waals surface area contributed by atoms with Crippen molar-refractivity contribution in [2.45, 2.75) is 12.7 Å². The molecule has 7 nitrogen and oxygen atoms in total. The van der Waals surface area contributed by atoms with Gasteiger partial charge in [-0.05, 0) is 30.3 Å². The minimum absolute atomic E-state index is 0.0323. The summed E-state index contributed by atoms with van der Waals surface area (Å²) in [6, 6.07) is 10.8. The van der Waals surface area contributed by atoms with Crippen molar-refractivity contribution in [3.05, 3.63) is 76.8 Å². The van der Waals surface area contributed by atoms with Gasteiger partial charge in [0.1, 0.15) is 10.8 Å². The van der Waals surface area contributed by atoms with E-state index in [-0.39, 0.29) is 28.4 Å². The molecule has 0 aliphatic rings. The summed E-state index contributed by atoms with van der Waals surface area (Å²) in [5.74, 6) is -1.00. The summed E-state index contributed by atoms with van der Waals surface area (Å²) in [4.78, 5) is 28.7. The zero-order valence-electron chi connectivity index (χ0n) is 15.7. The quantitative estimate of drug-likeness (QED) is 0.551. The average molecular weight is 454 g/mol. The molecule has 3 rings (SSSR count). The molecule has 1 aromatic carbocycles. The van der Waals surface area contributed by atoms with Crippen LogP contribution in [0.4, 0.5) is 18.9 Å². The van der Waals surface area contributed by atoms with E-state index in [1.54, 1.807) is 24.3 Å². The highest BCUT2D eigenvalue weighted by molar-refractivity contribution is 6.32. The van der Waals surface area contributed by atoms with Gasteiger partial charge in [-0.25, -0.2) is 4.98 Å². The molecule has 0 radical (unpaired) electrons. The van der Waals surface area contributed by atoms with Gasteiger partial charge in [-0.3, -0.25) is 9.59 Å². The van der Waals surface area contributed by atoms with E-state index >= 15 is 0 Å². The van der Waals surface area contributed by atoms with E-state index in [0.717, 1.165) is 12.3 Å². The van der Waals surface area contributed by atoms with Crippen molar-refractivity contribution in [1.82, 2.24) is 10.3 Å². The monoisotopic (exact) mass is 453 g/mol. The van der Waals surface area contributed by atoms with Gasteiger partial charge in [0.15, 0.2) is 6.61 Å². The second-order valence-electron chi connectivity index (χ2n) is 6.18. The third kappa shape index (κ3) is 6.22. The van der Waals surface area contributed by atoms with Crippen LogP contribution in [-0.2, 0) is 6.54 Å². The number of furan rings is 1. The summed E-state index contributed by atoms with van der Waals surface area (Å²) in [6.45, 7) is -1.40. The lowest BCUT2D eigenvalue weighted by Gasteiger charge is -2.12. The maximum absolute atomic E-state index is 12.5. The molecule has 0 aliphatic carbocycles. The van der Waals surface area contributed by atoms with Crippen molar-refractivity contribution in [3.63, 3.8) is 0 Å². The van der Waals surface area contributed by atoms with E-state index in [4.69, 9.17) is 16.0 Å². The van der Waals surface area contributed by atoms with Crippen LogP contribution in [0.1, 0.15) is 26.5 Å². The van der Waals surface area contributed by atoms with Crippen molar-refractivity contribution in [2.24, 2.45) is 0 Å². The molecule has 0 atom stereocenters. The number of benzene rings is 1. The lowest BCUT2D eigenvalue weighted by atomic mass is 10.1. The number of pyridine rings is 1. The Hall–Kier alpha value is -3.53. The Morgan fingerprint density at radius 2 is 1.90 bits per heavy atom. The number of ether oxygens (including phenoxy) is 1. The van der Waals surface area contributed by atoms with Crippen molar-refractivity contribution >= 4 is 29.1 Å². The number of anilines is 1.